The van der Waals surface area contributed by atoms with Crippen LogP contribution in [-0.4, -0.2) is 31.6 Å². The minimum absolute atomic E-state index is 0.00231. The molecule has 0 aliphatic heterocycles. The van der Waals surface area contributed by atoms with Crippen LogP contribution < -0.4 is 20.1 Å². The van der Waals surface area contributed by atoms with Crippen molar-refractivity contribution in [2.45, 2.75) is 6.42 Å². The smallest absolute Gasteiger partial charge is 0.262 e. The van der Waals surface area contributed by atoms with E-state index in [0.717, 1.165) is 18.2 Å². The summed E-state index contributed by atoms with van der Waals surface area (Å²) in [6.45, 7) is 3.06. The van der Waals surface area contributed by atoms with Gasteiger partial charge in [-0.05, 0) is 24.3 Å². The molecule has 0 aliphatic rings. The number of hydrogen-bond acceptors (Lipinski definition) is 4. The van der Waals surface area contributed by atoms with E-state index in [4.69, 9.17) is 21.1 Å². The van der Waals surface area contributed by atoms with Gasteiger partial charge in [0, 0.05) is 30.8 Å². The molecule has 0 radical (unpaired) electrons. The molecule has 0 saturated heterocycles. The molecule has 10 heteroatoms. The van der Waals surface area contributed by atoms with Crippen LogP contribution in [0.15, 0.2) is 48.7 Å². The summed E-state index contributed by atoms with van der Waals surface area (Å²) in [4.78, 5) is 23.5. The van der Waals surface area contributed by atoms with Gasteiger partial charge in [0.25, 0.3) is 11.8 Å². The minimum Gasteiger partial charge on any atom is -0.484 e. The third-order valence-electron chi connectivity index (χ3n) is 3.59. The SMILES string of the molecule is C=C(CCNC(=O)COc1ccc(Cl)c(F)c1)NC(=O)COc1ccc(F)c(F)c1. The average molecular weight is 443 g/mol. The topological polar surface area (TPSA) is 76.7 Å². The molecular formula is C20H18ClF3N2O4. The van der Waals surface area contributed by atoms with Crippen LogP contribution in [0.3, 0.4) is 0 Å². The molecule has 2 rings (SSSR count). The van der Waals surface area contributed by atoms with Crippen molar-refractivity contribution in [2.75, 3.05) is 19.8 Å². The van der Waals surface area contributed by atoms with Crippen LogP contribution in [0, 0.1) is 17.5 Å². The molecule has 6 nitrogen and oxygen atoms in total. The van der Waals surface area contributed by atoms with Crippen LogP contribution >= 0.6 is 11.6 Å². The van der Waals surface area contributed by atoms with E-state index in [1.165, 1.54) is 18.2 Å². The van der Waals surface area contributed by atoms with Gasteiger partial charge in [-0.1, -0.05) is 18.2 Å². The highest BCUT2D eigenvalue weighted by molar-refractivity contribution is 6.30. The molecule has 2 N–H and O–H groups in total. The van der Waals surface area contributed by atoms with E-state index in [0.29, 0.717) is 5.70 Å². The lowest BCUT2D eigenvalue weighted by molar-refractivity contribution is -0.123. The quantitative estimate of drug-likeness (QED) is 0.591. The summed E-state index contributed by atoms with van der Waals surface area (Å²) in [6.07, 6.45) is 0.234. The maximum absolute atomic E-state index is 13.3. The van der Waals surface area contributed by atoms with E-state index in [1.54, 1.807) is 0 Å². The molecule has 2 amide bonds. The van der Waals surface area contributed by atoms with E-state index in [9.17, 15) is 22.8 Å². The first-order valence-corrected chi connectivity index (χ1v) is 9.02. The summed E-state index contributed by atoms with van der Waals surface area (Å²) in [5.41, 5.74) is 0.315. The van der Waals surface area contributed by atoms with Gasteiger partial charge in [0.2, 0.25) is 0 Å². The van der Waals surface area contributed by atoms with Crippen LogP contribution in [0.2, 0.25) is 5.02 Å². The number of hydrogen-bond donors (Lipinski definition) is 2. The highest BCUT2D eigenvalue weighted by Gasteiger charge is 2.09. The molecule has 0 atom stereocenters. The van der Waals surface area contributed by atoms with E-state index < -0.39 is 35.9 Å². The molecule has 0 unspecified atom stereocenters. The van der Waals surface area contributed by atoms with Crippen molar-refractivity contribution in [3.05, 3.63) is 71.1 Å². The molecule has 2 aromatic rings. The first-order chi connectivity index (χ1) is 14.2. The van der Waals surface area contributed by atoms with Crippen molar-refractivity contribution in [2.24, 2.45) is 0 Å². The number of carbonyl (C=O) groups excluding carboxylic acids is 2. The number of ether oxygens (including phenoxy) is 2. The molecule has 0 fully saturated rings. The lowest BCUT2D eigenvalue weighted by Crippen LogP contribution is -2.32. The average Bonchev–Trinajstić information content (AvgIpc) is 2.69. The van der Waals surface area contributed by atoms with E-state index >= 15 is 0 Å². The summed E-state index contributed by atoms with van der Waals surface area (Å²) >= 11 is 5.56. The standard InChI is InChI=1S/C20H18ClF3N2O4/c1-12(26-20(28)11-30-14-3-5-16(22)18(24)9-14)6-7-25-19(27)10-29-13-2-4-15(21)17(23)8-13/h2-5,8-9H,1,6-7,10-11H2,(H,25,27)(H,26,28). The molecular weight excluding hydrogens is 425 g/mol. The van der Waals surface area contributed by atoms with Gasteiger partial charge < -0.3 is 20.1 Å². The third kappa shape index (κ3) is 7.67. The molecule has 160 valence electrons. The Morgan fingerprint density at radius 3 is 2.13 bits per heavy atom. The predicted molar refractivity (Wildman–Crippen MR) is 104 cm³/mol. The summed E-state index contributed by atoms with van der Waals surface area (Å²) in [5, 5.41) is 4.95. The zero-order valence-electron chi connectivity index (χ0n) is 15.6. The maximum Gasteiger partial charge on any atom is 0.262 e. The zero-order chi connectivity index (χ0) is 22.1. The van der Waals surface area contributed by atoms with Gasteiger partial charge in [0.05, 0.1) is 5.02 Å². The van der Waals surface area contributed by atoms with Gasteiger partial charge in [-0.3, -0.25) is 9.59 Å². The largest absolute Gasteiger partial charge is 0.484 e. The molecule has 2 aromatic carbocycles. The second kappa shape index (κ2) is 11.1. The van der Waals surface area contributed by atoms with Gasteiger partial charge in [-0.25, -0.2) is 13.2 Å². The second-order valence-corrected chi connectivity index (χ2v) is 6.39. The number of amides is 2. The molecule has 0 aliphatic carbocycles. The van der Waals surface area contributed by atoms with E-state index in [1.807, 2.05) is 0 Å². The Morgan fingerprint density at radius 1 is 0.900 bits per heavy atom. The van der Waals surface area contributed by atoms with Crippen LogP contribution in [-0.2, 0) is 9.59 Å². The first-order valence-electron chi connectivity index (χ1n) is 8.64. The maximum atomic E-state index is 13.3. The molecule has 30 heavy (non-hydrogen) atoms. The third-order valence-corrected chi connectivity index (χ3v) is 3.89. The predicted octanol–water partition coefficient (Wildman–Crippen LogP) is 3.35. The molecule has 0 bridgehead atoms. The molecule has 0 spiro atoms. The van der Waals surface area contributed by atoms with Crippen LogP contribution in [0.5, 0.6) is 11.5 Å². The molecule has 0 saturated carbocycles. The molecule has 0 aromatic heterocycles. The zero-order valence-corrected chi connectivity index (χ0v) is 16.4. The first kappa shape index (κ1) is 23.1. The number of carbonyl (C=O) groups is 2. The molecule has 0 heterocycles. The van der Waals surface area contributed by atoms with Crippen molar-refractivity contribution in [3.8, 4) is 11.5 Å². The second-order valence-electron chi connectivity index (χ2n) is 5.98. The Labute approximate surface area is 175 Å². The Balaban J connectivity index is 1.62. The summed E-state index contributed by atoms with van der Waals surface area (Å²) in [6, 6.07) is 6.71. The fourth-order valence-electron chi connectivity index (χ4n) is 2.13. The van der Waals surface area contributed by atoms with E-state index in [2.05, 4.69) is 17.2 Å². The Hall–Kier alpha value is -3.20. The van der Waals surface area contributed by atoms with Crippen molar-refractivity contribution in [1.29, 1.82) is 0 Å². The van der Waals surface area contributed by atoms with Crippen molar-refractivity contribution >= 4 is 23.4 Å². The fourth-order valence-corrected chi connectivity index (χ4v) is 2.25. The van der Waals surface area contributed by atoms with Crippen LogP contribution in [0.1, 0.15) is 6.42 Å². The van der Waals surface area contributed by atoms with Crippen molar-refractivity contribution in [3.63, 3.8) is 0 Å². The summed E-state index contributed by atoms with van der Waals surface area (Å²) in [7, 11) is 0. The van der Waals surface area contributed by atoms with Gasteiger partial charge in [-0.15, -0.1) is 0 Å². The Morgan fingerprint density at radius 2 is 1.50 bits per heavy atom. The van der Waals surface area contributed by atoms with Crippen molar-refractivity contribution < 1.29 is 32.2 Å². The fraction of sp³-hybridized carbons (Fsp3) is 0.200. The normalized spacial score (nSPS) is 10.3. The number of benzene rings is 2. The number of nitrogens with one attached hydrogen (secondary N) is 2. The van der Waals surface area contributed by atoms with Gasteiger partial charge in [-0.2, -0.15) is 0 Å². The lowest BCUT2D eigenvalue weighted by atomic mass is 10.3. The van der Waals surface area contributed by atoms with Crippen molar-refractivity contribution in [1.82, 2.24) is 10.6 Å². The van der Waals surface area contributed by atoms with Crippen LogP contribution in [0.25, 0.3) is 0 Å². The Bertz CT molecular complexity index is 940. The highest BCUT2D eigenvalue weighted by atomic mass is 35.5. The van der Waals surface area contributed by atoms with Gasteiger partial charge >= 0.3 is 0 Å². The highest BCUT2D eigenvalue weighted by Crippen LogP contribution is 2.20. The monoisotopic (exact) mass is 442 g/mol. The number of rotatable bonds is 10. The lowest BCUT2D eigenvalue weighted by Gasteiger charge is -2.11. The summed E-state index contributed by atoms with van der Waals surface area (Å²) in [5.74, 6) is -3.61. The minimum atomic E-state index is -1.08. The van der Waals surface area contributed by atoms with Gasteiger partial charge in [0.15, 0.2) is 24.8 Å². The summed E-state index contributed by atoms with van der Waals surface area (Å²) < 4.78 is 49.4. The van der Waals surface area contributed by atoms with E-state index in [-0.39, 0.29) is 36.1 Å². The van der Waals surface area contributed by atoms with Gasteiger partial charge in [0.1, 0.15) is 17.3 Å². The number of halogens is 4. The van der Waals surface area contributed by atoms with Crippen LogP contribution in [0.4, 0.5) is 13.2 Å². The Kier molecular flexibility index (Phi) is 8.54.